The lowest BCUT2D eigenvalue weighted by atomic mass is 9.97. The molecule has 0 amide bonds. The Kier molecular flexibility index (Phi) is 7.55. The van der Waals surface area contributed by atoms with E-state index in [-0.39, 0.29) is 12.0 Å². The molecule has 2 unspecified atom stereocenters. The Balaban J connectivity index is 2.39. The fraction of sp³-hybridized carbons (Fsp3) is 0.857. The first-order chi connectivity index (χ1) is 9.45. The van der Waals surface area contributed by atoms with Gasteiger partial charge in [0, 0.05) is 5.75 Å². The molecule has 0 radical (unpaired) electrons. The van der Waals surface area contributed by atoms with E-state index in [2.05, 4.69) is 17.9 Å². The highest BCUT2D eigenvalue weighted by atomic mass is 32.1. The molecular formula is C14H25NO4S. The maximum atomic E-state index is 11.9. The quantitative estimate of drug-likeness (QED) is 0.374. The van der Waals surface area contributed by atoms with Crippen molar-refractivity contribution in [3.05, 3.63) is 0 Å². The summed E-state index contributed by atoms with van der Waals surface area (Å²) < 4.78 is 4.91. The van der Waals surface area contributed by atoms with Crippen molar-refractivity contribution in [1.29, 1.82) is 0 Å². The molecule has 1 fully saturated rings. The number of ether oxygens (including phenoxy) is 1. The molecule has 0 aromatic heterocycles. The minimum atomic E-state index is -0.533. The third-order valence-electron chi connectivity index (χ3n) is 3.68. The number of nitrogens with one attached hydrogen (secondary N) is 1. The molecule has 5 nitrogen and oxygen atoms in total. The molecule has 0 spiro atoms. The highest BCUT2D eigenvalue weighted by Crippen LogP contribution is 2.17. The number of aliphatic hydroxyl groups excluding tert-OH is 1. The molecule has 6 heteroatoms. The first kappa shape index (κ1) is 17.5. The zero-order chi connectivity index (χ0) is 15.1. The van der Waals surface area contributed by atoms with E-state index in [4.69, 9.17) is 4.74 Å². The minimum absolute atomic E-state index is 0.149. The van der Waals surface area contributed by atoms with Gasteiger partial charge in [0.2, 0.25) is 0 Å². The number of hydrogen-bond donors (Lipinski definition) is 3. The smallest absolute Gasteiger partial charge is 0.330 e. The van der Waals surface area contributed by atoms with E-state index in [0.717, 1.165) is 13.0 Å². The van der Waals surface area contributed by atoms with Crippen molar-refractivity contribution in [2.24, 2.45) is 11.8 Å². The monoisotopic (exact) mass is 303 g/mol. The number of carbonyl (C=O) groups is 2. The van der Waals surface area contributed by atoms with Gasteiger partial charge in [0.25, 0.3) is 0 Å². The maximum absolute atomic E-state index is 11.9. The van der Waals surface area contributed by atoms with E-state index in [1.54, 1.807) is 0 Å². The molecule has 0 aromatic carbocycles. The largest absolute Gasteiger partial charge is 0.393 e. The van der Waals surface area contributed by atoms with E-state index in [1.807, 2.05) is 13.8 Å². The number of esters is 2. The van der Waals surface area contributed by atoms with Gasteiger partial charge in [0.1, 0.15) is 6.04 Å². The first-order valence-electron chi connectivity index (χ1n) is 7.23. The van der Waals surface area contributed by atoms with Crippen LogP contribution in [0.1, 0.15) is 39.5 Å². The van der Waals surface area contributed by atoms with Gasteiger partial charge in [-0.3, -0.25) is 4.79 Å². The number of rotatable bonds is 7. The van der Waals surface area contributed by atoms with Gasteiger partial charge in [-0.15, -0.1) is 0 Å². The number of aliphatic hydroxyl groups is 1. The van der Waals surface area contributed by atoms with Gasteiger partial charge in [0.05, 0.1) is 12.0 Å². The van der Waals surface area contributed by atoms with E-state index in [9.17, 15) is 14.7 Å². The maximum Gasteiger partial charge on any atom is 0.330 e. The summed E-state index contributed by atoms with van der Waals surface area (Å²) in [6.45, 7) is 4.63. The van der Waals surface area contributed by atoms with Crippen molar-refractivity contribution < 1.29 is 19.4 Å². The van der Waals surface area contributed by atoms with Gasteiger partial charge in [-0.2, -0.15) is 12.6 Å². The molecular weight excluding hydrogens is 278 g/mol. The van der Waals surface area contributed by atoms with Crippen molar-refractivity contribution >= 4 is 24.6 Å². The average molecular weight is 303 g/mol. The standard InChI is InChI=1S/C14H25NO4S/c1-9(2)12(16)6-5-10(8-20)13(17)19-14(18)11-4-3-7-15-11/h9-12,15-16,20H,3-8H2,1-2H3/t10?,11-,12?/m0/s1. The van der Waals surface area contributed by atoms with Gasteiger partial charge in [-0.05, 0) is 38.1 Å². The Bertz CT molecular complexity index is 329. The Hall–Kier alpha value is -0.590. The molecule has 1 rings (SSSR count). The summed E-state index contributed by atoms with van der Waals surface area (Å²) in [6, 6.07) is -0.360. The number of carbonyl (C=O) groups excluding carboxylic acids is 2. The lowest BCUT2D eigenvalue weighted by Gasteiger charge is -2.18. The predicted molar refractivity (Wildman–Crippen MR) is 79.5 cm³/mol. The molecule has 1 saturated heterocycles. The molecule has 0 aromatic rings. The number of thiol groups is 1. The Morgan fingerprint density at radius 3 is 2.60 bits per heavy atom. The Morgan fingerprint density at radius 2 is 2.10 bits per heavy atom. The van der Waals surface area contributed by atoms with Crippen molar-refractivity contribution in [3.63, 3.8) is 0 Å². The van der Waals surface area contributed by atoms with Crippen LogP contribution >= 0.6 is 12.6 Å². The molecule has 0 saturated carbocycles. The van der Waals surface area contributed by atoms with Crippen LogP contribution in [-0.2, 0) is 14.3 Å². The van der Waals surface area contributed by atoms with E-state index in [1.165, 1.54) is 0 Å². The van der Waals surface area contributed by atoms with Gasteiger partial charge in [0.15, 0.2) is 0 Å². The van der Waals surface area contributed by atoms with Crippen molar-refractivity contribution in [1.82, 2.24) is 5.32 Å². The molecule has 20 heavy (non-hydrogen) atoms. The van der Waals surface area contributed by atoms with E-state index >= 15 is 0 Å². The third kappa shape index (κ3) is 5.42. The summed E-state index contributed by atoms with van der Waals surface area (Å²) in [5.74, 6) is -1.01. The summed E-state index contributed by atoms with van der Waals surface area (Å²) in [7, 11) is 0. The van der Waals surface area contributed by atoms with Crippen LogP contribution in [0.15, 0.2) is 0 Å². The Labute approximate surface area is 125 Å². The zero-order valence-electron chi connectivity index (χ0n) is 12.2. The van der Waals surface area contributed by atoms with E-state index < -0.39 is 24.0 Å². The summed E-state index contributed by atoms with van der Waals surface area (Å²) in [5.41, 5.74) is 0. The van der Waals surface area contributed by atoms with E-state index in [0.29, 0.717) is 25.0 Å². The van der Waals surface area contributed by atoms with Crippen molar-refractivity contribution in [3.8, 4) is 0 Å². The second kappa shape index (κ2) is 8.64. The van der Waals surface area contributed by atoms with Gasteiger partial charge < -0.3 is 15.2 Å². The van der Waals surface area contributed by atoms with Crippen LogP contribution in [0.4, 0.5) is 0 Å². The van der Waals surface area contributed by atoms with Crippen LogP contribution in [0.5, 0.6) is 0 Å². The van der Waals surface area contributed by atoms with Crippen LogP contribution in [0.25, 0.3) is 0 Å². The van der Waals surface area contributed by atoms with Gasteiger partial charge in [-0.25, -0.2) is 4.79 Å². The molecule has 1 aliphatic heterocycles. The number of hydrogen-bond acceptors (Lipinski definition) is 6. The molecule has 1 aliphatic rings. The van der Waals surface area contributed by atoms with Crippen LogP contribution < -0.4 is 5.32 Å². The summed E-state index contributed by atoms with van der Waals surface area (Å²) in [5, 5.41) is 12.8. The Morgan fingerprint density at radius 1 is 1.40 bits per heavy atom. The highest BCUT2D eigenvalue weighted by molar-refractivity contribution is 7.80. The third-order valence-corrected chi connectivity index (χ3v) is 4.12. The highest BCUT2D eigenvalue weighted by Gasteiger charge is 2.28. The van der Waals surface area contributed by atoms with Crippen molar-refractivity contribution in [2.45, 2.75) is 51.7 Å². The second-order valence-corrected chi connectivity index (χ2v) is 6.02. The summed E-state index contributed by atoms with van der Waals surface area (Å²) >= 11 is 4.13. The van der Waals surface area contributed by atoms with Gasteiger partial charge in [-0.1, -0.05) is 13.8 Å². The fourth-order valence-corrected chi connectivity index (χ4v) is 2.46. The molecule has 3 atom stereocenters. The summed E-state index contributed by atoms with van der Waals surface area (Å²) in [6.07, 6.45) is 2.17. The predicted octanol–water partition coefficient (Wildman–Crippen LogP) is 1.15. The molecule has 116 valence electrons. The topological polar surface area (TPSA) is 75.6 Å². The second-order valence-electron chi connectivity index (χ2n) is 5.66. The average Bonchev–Trinajstić information content (AvgIpc) is 2.92. The summed E-state index contributed by atoms with van der Waals surface area (Å²) in [4.78, 5) is 23.7. The van der Waals surface area contributed by atoms with Crippen LogP contribution in [0.2, 0.25) is 0 Å². The van der Waals surface area contributed by atoms with Crippen LogP contribution in [-0.4, -0.2) is 41.5 Å². The lowest BCUT2D eigenvalue weighted by Crippen LogP contribution is -2.35. The SMILES string of the molecule is CC(C)C(O)CCC(CS)C(=O)OC(=O)[C@@H]1CCCN1. The minimum Gasteiger partial charge on any atom is -0.393 e. The van der Waals surface area contributed by atoms with Crippen LogP contribution in [0.3, 0.4) is 0 Å². The van der Waals surface area contributed by atoms with Crippen LogP contribution in [0, 0.1) is 11.8 Å². The first-order valence-corrected chi connectivity index (χ1v) is 7.86. The van der Waals surface area contributed by atoms with Gasteiger partial charge >= 0.3 is 11.9 Å². The fourth-order valence-electron chi connectivity index (χ4n) is 2.13. The lowest BCUT2D eigenvalue weighted by molar-refractivity contribution is -0.163. The van der Waals surface area contributed by atoms with Crippen molar-refractivity contribution in [2.75, 3.05) is 12.3 Å². The normalized spacial score (nSPS) is 21.8. The molecule has 1 heterocycles. The molecule has 0 bridgehead atoms. The zero-order valence-corrected chi connectivity index (χ0v) is 13.1. The molecule has 0 aliphatic carbocycles. The molecule has 2 N–H and O–H groups in total.